The predicted octanol–water partition coefficient (Wildman–Crippen LogP) is 4.13. The van der Waals surface area contributed by atoms with Gasteiger partial charge in [-0.1, -0.05) is 17.7 Å². The Bertz CT molecular complexity index is 1120. The van der Waals surface area contributed by atoms with Gasteiger partial charge in [-0.25, -0.2) is 9.78 Å². The Kier molecular flexibility index (Phi) is 3.74. The van der Waals surface area contributed by atoms with Crippen LogP contribution in [-0.2, 0) is 0 Å². The SMILES string of the molecule is Cc1cc(=O)oc2cc(Oc3cccc(-n4ccnc4)n3)c(Cl)cc12. The fourth-order valence-electron chi connectivity index (χ4n) is 2.51. The molecular weight excluding hydrogens is 342 g/mol. The van der Waals surface area contributed by atoms with Gasteiger partial charge in [0.25, 0.3) is 0 Å². The highest BCUT2D eigenvalue weighted by molar-refractivity contribution is 6.32. The second-order valence-electron chi connectivity index (χ2n) is 5.43. The van der Waals surface area contributed by atoms with Crippen molar-refractivity contribution in [2.75, 3.05) is 0 Å². The molecule has 0 aliphatic rings. The lowest BCUT2D eigenvalue weighted by atomic mass is 10.1. The zero-order chi connectivity index (χ0) is 17.4. The molecule has 0 spiro atoms. The first-order valence-electron chi connectivity index (χ1n) is 7.47. The molecule has 124 valence electrons. The molecule has 0 N–H and O–H groups in total. The number of nitrogens with zero attached hydrogens (tertiary/aromatic N) is 3. The summed E-state index contributed by atoms with van der Waals surface area (Å²) in [6.07, 6.45) is 5.10. The number of imidazole rings is 1. The molecule has 0 fully saturated rings. The number of aryl methyl sites for hydroxylation is 1. The molecule has 1 aromatic carbocycles. The van der Waals surface area contributed by atoms with E-state index in [1.807, 2.05) is 19.1 Å². The van der Waals surface area contributed by atoms with Crippen molar-refractivity contribution in [2.45, 2.75) is 6.92 Å². The van der Waals surface area contributed by atoms with Gasteiger partial charge in [0.05, 0.1) is 5.02 Å². The van der Waals surface area contributed by atoms with Crippen LogP contribution in [0.5, 0.6) is 11.6 Å². The van der Waals surface area contributed by atoms with Gasteiger partial charge in [-0.05, 0) is 24.6 Å². The molecule has 0 aliphatic carbocycles. The Hall–Kier alpha value is -3.12. The smallest absolute Gasteiger partial charge is 0.336 e. The number of rotatable bonds is 3. The summed E-state index contributed by atoms with van der Waals surface area (Å²) >= 11 is 6.32. The first-order valence-corrected chi connectivity index (χ1v) is 7.85. The van der Waals surface area contributed by atoms with Gasteiger partial charge in [0.2, 0.25) is 5.88 Å². The van der Waals surface area contributed by atoms with E-state index in [0.29, 0.717) is 28.1 Å². The molecule has 3 aromatic heterocycles. The maximum Gasteiger partial charge on any atom is 0.336 e. The van der Waals surface area contributed by atoms with Crippen molar-refractivity contribution in [1.29, 1.82) is 0 Å². The van der Waals surface area contributed by atoms with Crippen LogP contribution in [0.1, 0.15) is 5.56 Å². The molecule has 0 unspecified atom stereocenters. The van der Waals surface area contributed by atoms with Gasteiger partial charge >= 0.3 is 5.63 Å². The quantitative estimate of drug-likeness (QED) is 0.518. The number of aromatic nitrogens is 3. The van der Waals surface area contributed by atoms with Crippen molar-refractivity contribution in [2.24, 2.45) is 0 Å². The molecule has 4 rings (SSSR count). The van der Waals surface area contributed by atoms with E-state index in [0.717, 1.165) is 10.9 Å². The van der Waals surface area contributed by atoms with Gasteiger partial charge in [-0.15, -0.1) is 0 Å². The number of hydrogen-bond donors (Lipinski definition) is 0. The summed E-state index contributed by atoms with van der Waals surface area (Å²) in [4.78, 5) is 20.0. The minimum atomic E-state index is -0.418. The van der Waals surface area contributed by atoms with E-state index in [-0.39, 0.29) is 0 Å². The lowest BCUT2D eigenvalue weighted by Crippen LogP contribution is -1.99. The number of halogens is 1. The van der Waals surface area contributed by atoms with Crippen molar-refractivity contribution < 1.29 is 9.15 Å². The maximum absolute atomic E-state index is 11.6. The van der Waals surface area contributed by atoms with Gasteiger partial charge < -0.3 is 9.15 Å². The van der Waals surface area contributed by atoms with Crippen LogP contribution in [0.2, 0.25) is 5.02 Å². The molecule has 0 bridgehead atoms. The molecule has 6 nitrogen and oxygen atoms in total. The zero-order valence-corrected chi connectivity index (χ0v) is 13.9. The average Bonchev–Trinajstić information content (AvgIpc) is 3.11. The summed E-state index contributed by atoms with van der Waals surface area (Å²) in [7, 11) is 0. The summed E-state index contributed by atoms with van der Waals surface area (Å²) in [5.74, 6) is 1.38. The Morgan fingerprint density at radius 2 is 2.12 bits per heavy atom. The highest BCUT2D eigenvalue weighted by Crippen LogP contribution is 2.33. The molecule has 0 amide bonds. The van der Waals surface area contributed by atoms with Gasteiger partial charge in [-0.3, -0.25) is 4.57 Å². The number of fused-ring (bicyclic) bond motifs is 1. The van der Waals surface area contributed by atoms with Crippen LogP contribution in [-0.4, -0.2) is 14.5 Å². The second kappa shape index (κ2) is 6.07. The minimum Gasteiger partial charge on any atom is -0.437 e. The topological polar surface area (TPSA) is 70.2 Å². The lowest BCUT2D eigenvalue weighted by Gasteiger charge is -2.10. The Morgan fingerprint density at radius 3 is 2.92 bits per heavy atom. The van der Waals surface area contributed by atoms with Crippen LogP contribution in [0.15, 0.2) is 64.3 Å². The number of hydrogen-bond acceptors (Lipinski definition) is 5. The summed E-state index contributed by atoms with van der Waals surface area (Å²) in [5.41, 5.74) is 0.786. The van der Waals surface area contributed by atoms with Crippen LogP contribution in [0.3, 0.4) is 0 Å². The van der Waals surface area contributed by atoms with Crippen LogP contribution in [0, 0.1) is 6.92 Å². The van der Waals surface area contributed by atoms with Crippen LogP contribution < -0.4 is 10.4 Å². The van der Waals surface area contributed by atoms with Crippen molar-refractivity contribution in [3.05, 3.63) is 76.1 Å². The second-order valence-corrected chi connectivity index (χ2v) is 5.84. The Balaban J connectivity index is 1.75. The van der Waals surface area contributed by atoms with E-state index in [9.17, 15) is 4.79 Å². The molecule has 0 aliphatic heterocycles. The minimum absolute atomic E-state index is 0.359. The van der Waals surface area contributed by atoms with Gasteiger partial charge in [-0.2, -0.15) is 4.98 Å². The van der Waals surface area contributed by atoms with Crippen LogP contribution >= 0.6 is 11.6 Å². The van der Waals surface area contributed by atoms with Crippen molar-refractivity contribution in [3.8, 4) is 17.4 Å². The molecule has 0 saturated heterocycles. The first kappa shape index (κ1) is 15.4. The third kappa shape index (κ3) is 2.99. The van der Waals surface area contributed by atoms with E-state index >= 15 is 0 Å². The predicted molar refractivity (Wildman–Crippen MR) is 93.7 cm³/mol. The van der Waals surface area contributed by atoms with E-state index in [1.165, 1.54) is 6.07 Å². The van der Waals surface area contributed by atoms with Crippen molar-refractivity contribution in [1.82, 2.24) is 14.5 Å². The molecule has 0 atom stereocenters. The third-order valence-corrected chi connectivity index (χ3v) is 3.99. The zero-order valence-electron chi connectivity index (χ0n) is 13.1. The normalized spacial score (nSPS) is 11.0. The monoisotopic (exact) mass is 353 g/mol. The maximum atomic E-state index is 11.6. The fourth-order valence-corrected chi connectivity index (χ4v) is 2.71. The van der Waals surface area contributed by atoms with Crippen molar-refractivity contribution in [3.63, 3.8) is 0 Å². The lowest BCUT2D eigenvalue weighted by molar-refractivity contribution is 0.461. The number of pyridine rings is 1. The third-order valence-electron chi connectivity index (χ3n) is 3.70. The standard InChI is InChI=1S/C18H12ClN3O3/c1-11-7-18(23)25-14-9-15(13(19)8-12(11)14)24-17-4-2-3-16(21-17)22-6-5-20-10-22/h2-10H,1H3. The molecule has 7 heteroatoms. The van der Waals surface area contributed by atoms with E-state index in [2.05, 4.69) is 9.97 Å². The highest BCUT2D eigenvalue weighted by Gasteiger charge is 2.11. The summed E-state index contributed by atoms with van der Waals surface area (Å²) in [6.45, 7) is 1.83. The molecule has 3 heterocycles. The van der Waals surface area contributed by atoms with E-state index < -0.39 is 5.63 Å². The highest BCUT2D eigenvalue weighted by atomic mass is 35.5. The molecular formula is C18H12ClN3O3. The van der Waals surface area contributed by atoms with E-state index in [4.69, 9.17) is 20.8 Å². The molecule has 4 aromatic rings. The van der Waals surface area contributed by atoms with E-state index in [1.54, 1.807) is 41.5 Å². The van der Waals surface area contributed by atoms with Gasteiger partial charge in [0.15, 0.2) is 5.75 Å². The van der Waals surface area contributed by atoms with Crippen LogP contribution in [0.25, 0.3) is 16.8 Å². The summed E-state index contributed by atoms with van der Waals surface area (Å²) in [6, 6.07) is 10.1. The average molecular weight is 354 g/mol. The first-order chi connectivity index (χ1) is 12.1. The molecule has 25 heavy (non-hydrogen) atoms. The van der Waals surface area contributed by atoms with Crippen LogP contribution in [0.4, 0.5) is 0 Å². The van der Waals surface area contributed by atoms with Gasteiger partial charge in [0, 0.05) is 36.0 Å². The molecule has 0 radical (unpaired) electrons. The Labute approximate surface area is 147 Å². The fraction of sp³-hybridized carbons (Fsp3) is 0.0556. The number of benzene rings is 1. The van der Waals surface area contributed by atoms with Gasteiger partial charge in [0.1, 0.15) is 17.7 Å². The number of ether oxygens (including phenoxy) is 1. The van der Waals surface area contributed by atoms with Crippen molar-refractivity contribution >= 4 is 22.6 Å². The largest absolute Gasteiger partial charge is 0.437 e. The summed E-state index contributed by atoms with van der Waals surface area (Å²) in [5, 5.41) is 1.16. The Morgan fingerprint density at radius 1 is 1.24 bits per heavy atom. The molecule has 0 saturated carbocycles. The summed E-state index contributed by atoms with van der Waals surface area (Å²) < 4.78 is 12.8.